The zero-order valence-electron chi connectivity index (χ0n) is 9.97. The van der Waals surface area contributed by atoms with Crippen molar-refractivity contribution in [1.29, 1.82) is 0 Å². The topological polar surface area (TPSA) is 42.0 Å². The number of hydrogen-bond donors (Lipinski definition) is 1. The van der Waals surface area contributed by atoms with E-state index in [0.717, 1.165) is 21.8 Å². The van der Waals surface area contributed by atoms with Gasteiger partial charge in [0.25, 0.3) is 5.91 Å². The first-order chi connectivity index (χ1) is 8.81. The van der Waals surface area contributed by atoms with Crippen LogP contribution < -0.4 is 5.32 Å². The molecule has 0 aliphatic heterocycles. The lowest BCUT2D eigenvalue weighted by atomic mass is 10.0. The van der Waals surface area contributed by atoms with Crippen molar-refractivity contribution >= 4 is 27.7 Å². The van der Waals surface area contributed by atoms with E-state index in [4.69, 9.17) is 0 Å². The molecule has 0 saturated carbocycles. The maximum absolute atomic E-state index is 12.1. The molecule has 1 amide bonds. The predicted molar refractivity (Wildman–Crippen MR) is 72.6 cm³/mol. The van der Waals surface area contributed by atoms with Gasteiger partial charge in [-0.15, -0.1) is 0 Å². The average molecular weight is 236 g/mol. The molecule has 3 rings (SSSR count). The number of aromatic nitrogens is 1. The number of amides is 1. The second-order valence-corrected chi connectivity index (χ2v) is 4.10. The summed E-state index contributed by atoms with van der Waals surface area (Å²) in [6, 6.07) is 15.4. The lowest BCUT2D eigenvalue weighted by Gasteiger charge is -2.09. The highest BCUT2D eigenvalue weighted by Gasteiger charge is 2.13. The minimum atomic E-state index is -0.0789. The largest absolute Gasteiger partial charge is 0.355 e. The highest BCUT2D eigenvalue weighted by Crippen LogP contribution is 2.25. The Morgan fingerprint density at radius 2 is 1.44 bits per heavy atom. The van der Waals surface area contributed by atoms with Gasteiger partial charge in [0.1, 0.15) is 0 Å². The number of nitrogens with zero attached hydrogens (tertiary/aromatic N) is 1. The summed E-state index contributed by atoms with van der Waals surface area (Å²) in [6.07, 6.45) is 0. The summed E-state index contributed by atoms with van der Waals surface area (Å²) in [7, 11) is 1.65. The van der Waals surface area contributed by atoms with Crippen LogP contribution in [0.4, 0.5) is 0 Å². The number of rotatable bonds is 1. The fraction of sp³-hybridized carbons (Fsp3) is 0.0667. The monoisotopic (exact) mass is 236 g/mol. The standard InChI is InChI=1S/C15H12N2O/c1-16-15(18)14-10-6-2-4-8-12(10)17-13-9-5-3-7-11(13)14/h2-9H,1H3,(H,16,18). The van der Waals surface area contributed by atoms with Crippen molar-refractivity contribution in [3.63, 3.8) is 0 Å². The molecule has 3 heteroatoms. The Balaban J connectivity index is 2.53. The highest BCUT2D eigenvalue weighted by molar-refractivity contribution is 6.16. The summed E-state index contributed by atoms with van der Waals surface area (Å²) in [5, 5.41) is 4.47. The summed E-state index contributed by atoms with van der Waals surface area (Å²) < 4.78 is 0. The van der Waals surface area contributed by atoms with Crippen LogP contribution in [0.25, 0.3) is 21.8 Å². The maximum Gasteiger partial charge on any atom is 0.252 e. The number of para-hydroxylation sites is 2. The normalized spacial score (nSPS) is 10.7. The van der Waals surface area contributed by atoms with Gasteiger partial charge in [-0.05, 0) is 12.1 Å². The fourth-order valence-electron chi connectivity index (χ4n) is 2.21. The molecule has 2 aromatic carbocycles. The number of hydrogen-bond acceptors (Lipinski definition) is 2. The first-order valence-electron chi connectivity index (χ1n) is 5.81. The smallest absolute Gasteiger partial charge is 0.252 e. The van der Waals surface area contributed by atoms with Crippen LogP contribution in [-0.2, 0) is 0 Å². The van der Waals surface area contributed by atoms with Crippen LogP contribution in [0.5, 0.6) is 0 Å². The van der Waals surface area contributed by atoms with E-state index in [9.17, 15) is 4.79 Å². The highest BCUT2D eigenvalue weighted by atomic mass is 16.1. The SMILES string of the molecule is CNC(=O)c1c2ccccc2nc2ccccc12. The molecule has 1 N–H and O–H groups in total. The molecule has 3 nitrogen and oxygen atoms in total. The van der Waals surface area contributed by atoms with Crippen molar-refractivity contribution in [2.75, 3.05) is 7.05 Å². The summed E-state index contributed by atoms with van der Waals surface area (Å²) >= 11 is 0. The Hall–Kier alpha value is -2.42. The van der Waals surface area contributed by atoms with Crippen LogP contribution in [0.2, 0.25) is 0 Å². The first kappa shape index (κ1) is 10.7. The summed E-state index contributed by atoms with van der Waals surface area (Å²) in [5.74, 6) is -0.0789. The van der Waals surface area contributed by atoms with Crippen LogP contribution >= 0.6 is 0 Å². The minimum absolute atomic E-state index is 0.0789. The van der Waals surface area contributed by atoms with Gasteiger partial charge in [-0.1, -0.05) is 36.4 Å². The second kappa shape index (κ2) is 4.11. The predicted octanol–water partition coefficient (Wildman–Crippen LogP) is 2.75. The zero-order valence-corrected chi connectivity index (χ0v) is 9.97. The summed E-state index contributed by atoms with van der Waals surface area (Å²) in [4.78, 5) is 16.7. The molecule has 0 atom stereocenters. The van der Waals surface area contributed by atoms with Gasteiger partial charge < -0.3 is 5.32 Å². The Bertz CT molecular complexity index is 696. The van der Waals surface area contributed by atoms with E-state index in [1.165, 1.54) is 0 Å². The van der Waals surface area contributed by atoms with Crippen molar-refractivity contribution in [3.05, 3.63) is 54.1 Å². The van der Waals surface area contributed by atoms with E-state index < -0.39 is 0 Å². The molecule has 0 unspecified atom stereocenters. The van der Waals surface area contributed by atoms with Gasteiger partial charge in [0.05, 0.1) is 16.6 Å². The van der Waals surface area contributed by atoms with Gasteiger partial charge in [0.15, 0.2) is 0 Å². The van der Waals surface area contributed by atoms with E-state index in [1.54, 1.807) is 7.05 Å². The van der Waals surface area contributed by atoms with Crippen molar-refractivity contribution in [3.8, 4) is 0 Å². The molecule has 0 bridgehead atoms. The van der Waals surface area contributed by atoms with Gasteiger partial charge in [-0.2, -0.15) is 0 Å². The second-order valence-electron chi connectivity index (χ2n) is 4.10. The van der Waals surface area contributed by atoms with E-state index in [1.807, 2.05) is 48.5 Å². The molecule has 0 saturated heterocycles. The van der Waals surface area contributed by atoms with Gasteiger partial charge in [-0.3, -0.25) is 4.79 Å². The zero-order chi connectivity index (χ0) is 12.5. The van der Waals surface area contributed by atoms with Crippen molar-refractivity contribution < 1.29 is 4.79 Å². The Labute approximate surface area is 104 Å². The van der Waals surface area contributed by atoms with E-state index in [-0.39, 0.29) is 5.91 Å². The molecule has 0 radical (unpaired) electrons. The quantitative estimate of drug-likeness (QED) is 0.660. The molecule has 0 fully saturated rings. The molecule has 0 spiro atoms. The molecular weight excluding hydrogens is 224 g/mol. The average Bonchev–Trinajstić information content (AvgIpc) is 2.44. The molecule has 0 aliphatic rings. The molecule has 3 aromatic rings. The van der Waals surface area contributed by atoms with Gasteiger partial charge >= 0.3 is 0 Å². The summed E-state index contributed by atoms with van der Waals surface area (Å²) in [5.41, 5.74) is 2.38. The molecule has 88 valence electrons. The van der Waals surface area contributed by atoms with Gasteiger partial charge in [0.2, 0.25) is 0 Å². The van der Waals surface area contributed by atoms with Gasteiger partial charge in [-0.25, -0.2) is 4.98 Å². The number of fused-ring (bicyclic) bond motifs is 2. The van der Waals surface area contributed by atoms with E-state index >= 15 is 0 Å². The number of benzene rings is 2. The van der Waals surface area contributed by atoms with E-state index in [2.05, 4.69) is 10.3 Å². The third-order valence-electron chi connectivity index (χ3n) is 3.04. The van der Waals surface area contributed by atoms with Crippen molar-refractivity contribution in [2.24, 2.45) is 0 Å². The van der Waals surface area contributed by atoms with E-state index in [0.29, 0.717) is 5.56 Å². The first-order valence-corrected chi connectivity index (χ1v) is 5.81. The Morgan fingerprint density at radius 3 is 1.94 bits per heavy atom. The maximum atomic E-state index is 12.1. The Morgan fingerprint density at radius 1 is 0.944 bits per heavy atom. The number of carbonyl (C=O) groups is 1. The lowest BCUT2D eigenvalue weighted by Crippen LogP contribution is -2.18. The van der Waals surface area contributed by atoms with Crippen molar-refractivity contribution in [2.45, 2.75) is 0 Å². The third-order valence-corrected chi connectivity index (χ3v) is 3.04. The minimum Gasteiger partial charge on any atom is -0.355 e. The van der Waals surface area contributed by atoms with Crippen LogP contribution in [0.3, 0.4) is 0 Å². The van der Waals surface area contributed by atoms with Crippen LogP contribution in [0.1, 0.15) is 10.4 Å². The molecule has 18 heavy (non-hydrogen) atoms. The lowest BCUT2D eigenvalue weighted by molar-refractivity contribution is 0.0966. The van der Waals surface area contributed by atoms with Crippen LogP contribution in [0, 0.1) is 0 Å². The molecule has 1 heterocycles. The van der Waals surface area contributed by atoms with Crippen molar-refractivity contribution in [1.82, 2.24) is 10.3 Å². The number of nitrogens with one attached hydrogen (secondary N) is 1. The third kappa shape index (κ3) is 1.52. The number of carbonyl (C=O) groups excluding carboxylic acids is 1. The van der Waals surface area contributed by atoms with Gasteiger partial charge in [0, 0.05) is 17.8 Å². The number of pyridine rings is 1. The van der Waals surface area contributed by atoms with Crippen LogP contribution in [-0.4, -0.2) is 17.9 Å². The fourth-order valence-corrected chi connectivity index (χ4v) is 2.21. The molecular formula is C15H12N2O. The van der Waals surface area contributed by atoms with Crippen LogP contribution in [0.15, 0.2) is 48.5 Å². The summed E-state index contributed by atoms with van der Waals surface area (Å²) in [6.45, 7) is 0. The molecule has 1 aromatic heterocycles. The Kier molecular flexibility index (Phi) is 2.45. The molecule has 0 aliphatic carbocycles.